The van der Waals surface area contributed by atoms with Gasteiger partial charge in [-0.25, -0.2) is 0 Å². The van der Waals surface area contributed by atoms with Crippen LogP contribution in [0.2, 0.25) is 0 Å². The van der Waals surface area contributed by atoms with E-state index in [0.717, 1.165) is 50.3 Å². The highest BCUT2D eigenvalue weighted by Gasteiger charge is 2.15. The zero-order valence-corrected chi connectivity index (χ0v) is 13.6. The van der Waals surface area contributed by atoms with Crippen molar-refractivity contribution in [1.29, 1.82) is 0 Å². The maximum atomic E-state index is 9.76. The third-order valence-electron chi connectivity index (χ3n) is 2.59. The number of carbonyl (C=O) groups is 2. The zero-order chi connectivity index (χ0) is 17.8. The Morgan fingerprint density at radius 3 is 2.30 bits per heavy atom. The molecular weight excluding hydrogens is 300 g/mol. The molecule has 0 radical (unpaired) electrons. The van der Waals surface area contributed by atoms with Gasteiger partial charge >= 0.3 is 0 Å². The molecule has 0 saturated carbocycles. The molecule has 4 N–H and O–H groups in total. The number of piperidine rings is 1. The van der Waals surface area contributed by atoms with Crippen molar-refractivity contribution in [3.05, 3.63) is 35.2 Å². The summed E-state index contributed by atoms with van der Waals surface area (Å²) in [7, 11) is 0. The maximum Gasteiger partial charge on any atom is 0.300 e. The molecule has 0 aliphatic carbocycles. The lowest BCUT2D eigenvalue weighted by Crippen LogP contribution is -2.33. The summed E-state index contributed by atoms with van der Waals surface area (Å²) >= 11 is 0. The summed E-state index contributed by atoms with van der Waals surface area (Å²) in [5, 5.41) is 27.8. The van der Waals surface area contributed by atoms with Crippen LogP contribution in [0.4, 0.5) is 0 Å². The molecule has 0 bridgehead atoms. The number of hydrogen-bond donors (Lipinski definition) is 4. The van der Waals surface area contributed by atoms with Crippen molar-refractivity contribution < 1.29 is 24.9 Å². The Morgan fingerprint density at radius 2 is 1.83 bits per heavy atom. The van der Waals surface area contributed by atoms with Crippen LogP contribution < -0.4 is 5.32 Å². The molecule has 1 aliphatic heterocycles. The largest absolute Gasteiger partial charge is 0.481 e. The third kappa shape index (κ3) is 12.0. The van der Waals surface area contributed by atoms with Crippen LogP contribution >= 0.6 is 0 Å². The first-order chi connectivity index (χ1) is 10.7. The Bertz CT molecular complexity index is 523. The molecule has 2 heterocycles. The van der Waals surface area contributed by atoms with Gasteiger partial charge in [0.1, 0.15) is 0 Å². The lowest BCUT2D eigenvalue weighted by atomic mass is 10.0. The highest BCUT2D eigenvalue weighted by atomic mass is 16.4. The second-order valence-corrected chi connectivity index (χ2v) is 4.94. The second kappa shape index (κ2) is 11.3. The summed E-state index contributed by atoms with van der Waals surface area (Å²) < 4.78 is 0. The summed E-state index contributed by atoms with van der Waals surface area (Å²) in [5.74, 6) is -1.67. The van der Waals surface area contributed by atoms with E-state index < -0.39 is 11.9 Å². The van der Waals surface area contributed by atoms with Gasteiger partial charge in [-0.1, -0.05) is 6.07 Å². The molecule has 0 aromatic carbocycles. The molecule has 128 valence electrons. The van der Waals surface area contributed by atoms with E-state index in [4.69, 9.17) is 19.8 Å². The Kier molecular flexibility index (Phi) is 10.2. The summed E-state index contributed by atoms with van der Waals surface area (Å²) in [6.07, 6.45) is 2.45. The number of aliphatic hydroxyl groups excluding tert-OH is 1. The van der Waals surface area contributed by atoms with Crippen LogP contribution in [0.15, 0.2) is 23.8 Å². The van der Waals surface area contributed by atoms with Crippen molar-refractivity contribution in [2.24, 2.45) is 0 Å². The molecule has 23 heavy (non-hydrogen) atoms. The molecule has 1 aromatic heterocycles. The molecule has 0 amide bonds. The fourth-order valence-corrected chi connectivity index (χ4v) is 1.76. The Morgan fingerprint density at radius 1 is 1.26 bits per heavy atom. The van der Waals surface area contributed by atoms with Crippen LogP contribution in [0.25, 0.3) is 6.08 Å². The molecule has 2 rings (SSSR count). The van der Waals surface area contributed by atoms with Gasteiger partial charge in [-0.3, -0.25) is 14.6 Å². The van der Waals surface area contributed by atoms with E-state index in [1.165, 1.54) is 0 Å². The molecule has 7 heteroatoms. The van der Waals surface area contributed by atoms with E-state index >= 15 is 0 Å². The second-order valence-electron chi connectivity index (χ2n) is 4.94. The van der Waals surface area contributed by atoms with Crippen molar-refractivity contribution in [3.8, 4) is 0 Å². The Balaban J connectivity index is 0.000000509. The van der Waals surface area contributed by atoms with Crippen LogP contribution in [-0.2, 0) is 9.59 Å². The average Bonchev–Trinajstić information content (AvgIpc) is 2.40. The van der Waals surface area contributed by atoms with Gasteiger partial charge in [-0.2, -0.15) is 0 Å². The lowest BCUT2D eigenvalue weighted by Gasteiger charge is -2.21. The topological polar surface area (TPSA) is 120 Å². The molecule has 1 aliphatic rings. The molecule has 1 aromatic rings. The van der Waals surface area contributed by atoms with Crippen LogP contribution in [-0.4, -0.2) is 51.4 Å². The van der Waals surface area contributed by atoms with E-state index in [9.17, 15) is 5.11 Å². The van der Waals surface area contributed by atoms with Crippen LogP contribution in [0.3, 0.4) is 0 Å². The predicted octanol–water partition coefficient (Wildman–Crippen LogP) is 1.31. The van der Waals surface area contributed by atoms with Gasteiger partial charge in [0.2, 0.25) is 0 Å². The van der Waals surface area contributed by atoms with Crippen LogP contribution in [0.5, 0.6) is 0 Å². The first kappa shape index (κ1) is 20.8. The molecular formula is C16H24N2O5. The van der Waals surface area contributed by atoms with Gasteiger partial charge in [0, 0.05) is 26.1 Å². The summed E-state index contributed by atoms with van der Waals surface area (Å²) in [6, 6.07) is 5.91. The predicted molar refractivity (Wildman–Crippen MR) is 87.1 cm³/mol. The van der Waals surface area contributed by atoms with Gasteiger partial charge in [0.15, 0.2) is 0 Å². The molecule has 1 fully saturated rings. The number of nitrogens with zero attached hydrogens (tertiary/aromatic N) is 1. The SMILES string of the molecule is CC(=O)O.CC(=O)O.Cc1cccc(/C=C2\CNCCC2O)n1. The number of pyridine rings is 1. The smallest absolute Gasteiger partial charge is 0.300 e. The number of aromatic nitrogens is 1. The van der Waals surface area contributed by atoms with Gasteiger partial charge in [0.25, 0.3) is 11.9 Å². The van der Waals surface area contributed by atoms with Crippen molar-refractivity contribution in [2.75, 3.05) is 13.1 Å². The van der Waals surface area contributed by atoms with Gasteiger partial charge in [-0.05, 0) is 43.7 Å². The fourth-order valence-electron chi connectivity index (χ4n) is 1.76. The summed E-state index contributed by atoms with van der Waals surface area (Å²) in [4.78, 5) is 22.4. The molecule has 7 nitrogen and oxygen atoms in total. The quantitative estimate of drug-likeness (QED) is 0.614. The minimum atomic E-state index is -0.833. The zero-order valence-electron chi connectivity index (χ0n) is 13.6. The highest BCUT2D eigenvalue weighted by Crippen LogP contribution is 2.13. The standard InChI is InChI=1S/C12H16N2O.2C2H4O2/c1-9-3-2-4-11(14-9)7-10-8-13-6-5-12(10)15;2*1-2(3)4/h2-4,7,12-13,15H,5-6,8H2,1H3;2*1H3,(H,3,4)/b10-7+;;. The van der Waals surface area contributed by atoms with E-state index in [1.54, 1.807) is 0 Å². The van der Waals surface area contributed by atoms with Crippen molar-refractivity contribution >= 4 is 18.0 Å². The average molecular weight is 324 g/mol. The normalized spacial score (nSPS) is 18.1. The number of carboxylic acid groups (broad SMARTS) is 2. The van der Waals surface area contributed by atoms with E-state index in [0.29, 0.717) is 0 Å². The molecule has 1 saturated heterocycles. The van der Waals surface area contributed by atoms with Gasteiger partial charge in [-0.15, -0.1) is 0 Å². The Hall–Kier alpha value is -2.25. The fraction of sp³-hybridized carbons (Fsp3) is 0.438. The third-order valence-corrected chi connectivity index (χ3v) is 2.59. The van der Waals surface area contributed by atoms with Crippen molar-refractivity contribution in [3.63, 3.8) is 0 Å². The number of carboxylic acids is 2. The summed E-state index contributed by atoms with van der Waals surface area (Å²) in [5.41, 5.74) is 2.95. The van der Waals surface area contributed by atoms with Crippen molar-refractivity contribution in [1.82, 2.24) is 10.3 Å². The lowest BCUT2D eigenvalue weighted by molar-refractivity contribution is -0.135. The first-order valence-electron chi connectivity index (χ1n) is 7.14. The monoisotopic (exact) mass is 324 g/mol. The number of aliphatic hydroxyl groups is 1. The number of nitrogens with one attached hydrogen (secondary N) is 1. The van der Waals surface area contributed by atoms with Crippen LogP contribution in [0.1, 0.15) is 31.7 Å². The maximum absolute atomic E-state index is 9.76. The van der Waals surface area contributed by atoms with Gasteiger partial charge < -0.3 is 20.6 Å². The van der Waals surface area contributed by atoms with Crippen LogP contribution in [0, 0.1) is 6.92 Å². The minimum Gasteiger partial charge on any atom is -0.481 e. The van der Waals surface area contributed by atoms with Crippen molar-refractivity contribution in [2.45, 2.75) is 33.3 Å². The first-order valence-corrected chi connectivity index (χ1v) is 7.14. The Labute approximate surface area is 135 Å². The van der Waals surface area contributed by atoms with E-state index in [2.05, 4.69) is 10.3 Å². The number of aliphatic carboxylic acids is 2. The minimum absolute atomic E-state index is 0.312. The number of hydrogen-bond acceptors (Lipinski definition) is 5. The van der Waals surface area contributed by atoms with Gasteiger partial charge in [0.05, 0.1) is 11.8 Å². The molecule has 0 spiro atoms. The summed E-state index contributed by atoms with van der Waals surface area (Å²) in [6.45, 7) is 5.79. The van der Waals surface area contributed by atoms with E-state index in [1.807, 2.05) is 31.2 Å². The number of aryl methyl sites for hydroxylation is 1. The number of rotatable bonds is 1. The van der Waals surface area contributed by atoms with E-state index in [-0.39, 0.29) is 6.10 Å². The highest BCUT2D eigenvalue weighted by molar-refractivity contribution is 5.63. The molecule has 1 unspecified atom stereocenters. The molecule has 1 atom stereocenters.